The number of hydrogen-bond donors (Lipinski definition) is 2. The van der Waals surface area contributed by atoms with Crippen LogP contribution in [0.4, 0.5) is 0 Å². The molecule has 1 aromatic heterocycles. The fraction of sp³-hybridized carbons (Fsp3) is 0.562. The predicted molar refractivity (Wildman–Crippen MR) is 92.3 cm³/mol. The average Bonchev–Trinajstić information content (AvgIpc) is 2.85. The zero-order valence-electron chi connectivity index (χ0n) is 13.0. The maximum Gasteiger partial charge on any atom is 0.201 e. The Labute approximate surface area is 137 Å². The van der Waals surface area contributed by atoms with Gasteiger partial charge in [0.2, 0.25) is 5.11 Å². The van der Waals surface area contributed by atoms with Gasteiger partial charge in [0.05, 0.1) is 11.4 Å². The lowest BCUT2D eigenvalue weighted by molar-refractivity contribution is 0.214. The molecule has 118 valence electrons. The Bertz CT molecular complexity index is 523. The van der Waals surface area contributed by atoms with E-state index in [1.165, 1.54) is 25.7 Å². The van der Waals surface area contributed by atoms with Crippen molar-refractivity contribution in [3.8, 4) is 0 Å². The molecule has 0 aromatic carbocycles. The predicted octanol–water partition coefficient (Wildman–Crippen LogP) is 2.31. The lowest BCUT2D eigenvalue weighted by atomic mass is 9.84. The summed E-state index contributed by atoms with van der Waals surface area (Å²) in [6.07, 6.45) is 7.21. The van der Waals surface area contributed by atoms with Crippen LogP contribution in [0.3, 0.4) is 0 Å². The van der Waals surface area contributed by atoms with Crippen molar-refractivity contribution in [2.24, 2.45) is 16.9 Å². The fourth-order valence-electron chi connectivity index (χ4n) is 3.32. The van der Waals surface area contributed by atoms with E-state index in [2.05, 4.69) is 25.9 Å². The molecule has 2 bridgehead atoms. The molecular formula is C16H23N5S. The van der Waals surface area contributed by atoms with Crippen LogP contribution in [0, 0.1) is 11.8 Å². The summed E-state index contributed by atoms with van der Waals surface area (Å²) in [4.78, 5) is 4.27. The van der Waals surface area contributed by atoms with Crippen molar-refractivity contribution in [2.45, 2.75) is 32.6 Å². The molecule has 4 rings (SSSR count). The van der Waals surface area contributed by atoms with Crippen molar-refractivity contribution < 1.29 is 0 Å². The van der Waals surface area contributed by atoms with Gasteiger partial charge in [0.1, 0.15) is 0 Å². The first-order valence-corrected chi connectivity index (χ1v) is 8.39. The van der Waals surface area contributed by atoms with Crippen LogP contribution in [0.2, 0.25) is 0 Å². The molecule has 1 saturated carbocycles. The van der Waals surface area contributed by atoms with Gasteiger partial charge in [0.25, 0.3) is 0 Å². The van der Waals surface area contributed by atoms with Crippen LogP contribution in [-0.2, 0) is 0 Å². The Kier molecular flexibility index (Phi) is 5.00. The number of thiocarbonyl (C=S) groups is 1. The van der Waals surface area contributed by atoms with Crippen molar-refractivity contribution >= 4 is 23.0 Å². The third kappa shape index (κ3) is 4.01. The lowest BCUT2D eigenvalue weighted by Crippen LogP contribution is -2.47. The number of nitrogens with zero attached hydrogens (tertiary/aromatic N) is 3. The molecule has 0 radical (unpaired) electrons. The fourth-order valence-corrected chi connectivity index (χ4v) is 3.50. The minimum atomic E-state index is 0.552. The van der Waals surface area contributed by atoms with E-state index in [4.69, 9.17) is 12.2 Å². The van der Waals surface area contributed by atoms with E-state index in [9.17, 15) is 0 Å². The number of rotatable bonds is 3. The number of hydrazone groups is 1. The van der Waals surface area contributed by atoms with E-state index in [-0.39, 0.29) is 0 Å². The Morgan fingerprint density at radius 2 is 1.91 bits per heavy atom. The first-order chi connectivity index (χ1) is 10.7. The summed E-state index contributed by atoms with van der Waals surface area (Å²) in [7, 11) is 0. The van der Waals surface area contributed by atoms with E-state index in [1.807, 2.05) is 25.1 Å². The highest BCUT2D eigenvalue weighted by Gasteiger charge is 2.29. The first-order valence-electron chi connectivity index (χ1n) is 7.98. The van der Waals surface area contributed by atoms with Crippen LogP contribution >= 0.6 is 12.2 Å². The Morgan fingerprint density at radius 3 is 2.50 bits per heavy atom. The van der Waals surface area contributed by atoms with E-state index in [0.717, 1.165) is 36.3 Å². The van der Waals surface area contributed by atoms with Crippen LogP contribution < -0.4 is 10.9 Å². The summed E-state index contributed by atoms with van der Waals surface area (Å²) in [5, 5.41) is 7.12. The molecule has 2 saturated heterocycles. The zero-order chi connectivity index (χ0) is 15.4. The van der Waals surface area contributed by atoms with Gasteiger partial charge in [-0.1, -0.05) is 6.07 Å². The zero-order valence-corrected chi connectivity index (χ0v) is 13.8. The van der Waals surface area contributed by atoms with Gasteiger partial charge in [0.15, 0.2) is 0 Å². The van der Waals surface area contributed by atoms with Gasteiger partial charge in [-0.2, -0.15) is 5.10 Å². The average molecular weight is 317 g/mol. The van der Waals surface area contributed by atoms with E-state index in [1.54, 1.807) is 6.20 Å². The topological polar surface area (TPSA) is 52.6 Å². The molecule has 6 heteroatoms. The molecule has 2 N–H and O–H groups in total. The van der Waals surface area contributed by atoms with Crippen molar-refractivity contribution in [2.75, 3.05) is 13.1 Å². The molecule has 0 atom stereocenters. The molecular weight excluding hydrogens is 294 g/mol. The summed E-state index contributed by atoms with van der Waals surface area (Å²) in [6.45, 7) is 4.09. The van der Waals surface area contributed by atoms with Crippen molar-refractivity contribution in [3.63, 3.8) is 0 Å². The molecule has 0 amide bonds. The second-order valence-electron chi connectivity index (χ2n) is 6.26. The summed E-state index contributed by atoms with van der Waals surface area (Å²) >= 11 is 5.35. The maximum atomic E-state index is 5.35. The summed E-state index contributed by atoms with van der Waals surface area (Å²) < 4.78 is 0. The third-order valence-corrected chi connectivity index (χ3v) is 4.73. The summed E-state index contributed by atoms with van der Waals surface area (Å²) in [5.74, 6) is 1.63. The minimum absolute atomic E-state index is 0.552. The van der Waals surface area contributed by atoms with Crippen LogP contribution in [0.25, 0.3) is 0 Å². The van der Waals surface area contributed by atoms with Crippen LogP contribution in [0.15, 0.2) is 29.5 Å². The van der Waals surface area contributed by atoms with Gasteiger partial charge in [-0.15, -0.1) is 0 Å². The Hall–Kier alpha value is -1.53. The molecule has 5 nitrogen and oxygen atoms in total. The number of hydrogen-bond acceptors (Lipinski definition) is 4. The lowest BCUT2D eigenvalue weighted by Gasteiger charge is -2.24. The number of aromatic nitrogens is 1. The molecule has 1 aliphatic carbocycles. The Balaban J connectivity index is 1.52. The number of nitrogens with one attached hydrogen (secondary N) is 2. The van der Waals surface area contributed by atoms with Gasteiger partial charge in [-0.05, 0) is 68.8 Å². The number of fused-ring (bicyclic) bond motifs is 4. The van der Waals surface area contributed by atoms with Gasteiger partial charge in [-0.25, -0.2) is 5.01 Å². The van der Waals surface area contributed by atoms with Crippen LogP contribution in [0.5, 0.6) is 0 Å². The smallest absolute Gasteiger partial charge is 0.201 e. The highest BCUT2D eigenvalue weighted by atomic mass is 32.1. The monoisotopic (exact) mass is 317 g/mol. The number of pyridine rings is 1. The normalized spacial score (nSPS) is 25.6. The molecule has 2 aliphatic heterocycles. The summed E-state index contributed by atoms with van der Waals surface area (Å²) in [5.41, 5.74) is 7.89. The molecule has 1 aromatic rings. The molecule has 3 aliphatic rings. The molecule has 0 unspecified atom stereocenters. The molecule has 0 spiro atoms. The molecule has 3 fully saturated rings. The highest BCUT2D eigenvalue weighted by Crippen LogP contribution is 2.32. The van der Waals surface area contributed by atoms with Gasteiger partial charge < -0.3 is 0 Å². The molecule has 22 heavy (non-hydrogen) atoms. The second kappa shape index (κ2) is 7.15. The van der Waals surface area contributed by atoms with Crippen molar-refractivity contribution in [3.05, 3.63) is 30.1 Å². The van der Waals surface area contributed by atoms with Crippen molar-refractivity contribution in [1.82, 2.24) is 20.8 Å². The van der Waals surface area contributed by atoms with Crippen LogP contribution in [0.1, 0.15) is 38.3 Å². The Morgan fingerprint density at radius 1 is 1.23 bits per heavy atom. The second-order valence-corrected chi connectivity index (χ2v) is 6.66. The maximum absolute atomic E-state index is 5.35. The third-order valence-electron chi connectivity index (χ3n) is 4.54. The highest BCUT2D eigenvalue weighted by molar-refractivity contribution is 7.80. The summed E-state index contributed by atoms with van der Waals surface area (Å²) in [6, 6.07) is 5.78. The van der Waals surface area contributed by atoms with E-state index in [0.29, 0.717) is 5.11 Å². The van der Waals surface area contributed by atoms with E-state index < -0.39 is 0 Å². The van der Waals surface area contributed by atoms with Gasteiger partial charge in [-0.3, -0.25) is 15.8 Å². The largest absolute Gasteiger partial charge is 0.294 e. The standard InChI is InChI=1S/C16H23N5S/c1-12(15-4-2-3-9-17-15)18-19-16(22)20-21-10-13-5-6-14(11-21)8-7-13/h2-4,9,13-14H,5-8,10-11H2,1H3,(H2,19,20,22)/b18-12+. The molecule has 3 heterocycles. The van der Waals surface area contributed by atoms with Gasteiger partial charge in [0, 0.05) is 19.3 Å². The van der Waals surface area contributed by atoms with Crippen molar-refractivity contribution in [1.29, 1.82) is 0 Å². The quantitative estimate of drug-likeness (QED) is 0.509. The minimum Gasteiger partial charge on any atom is -0.294 e. The van der Waals surface area contributed by atoms with E-state index >= 15 is 0 Å². The van der Waals surface area contributed by atoms with Gasteiger partial charge >= 0.3 is 0 Å². The SMILES string of the molecule is C/C(=N\NC(=S)NN1CC2CCC(CC2)C1)c1ccccn1. The number of hydrazine groups is 1. The first kappa shape index (κ1) is 15.4. The van der Waals surface area contributed by atoms with Crippen LogP contribution in [-0.4, -0.2) is 33.9 Å².